The van der Waals surface area contributed by atoms with Crippen LogP contribution in [0.15, 0.2) is 107 Å². The first-order chi connectivity index (χ1) is 20.9. The third kappa shape index (κ3) is 4.63. The molecule has 0 saturated carbocycles. The minimum absolute atomic E-state index is 0.0887. The quantitative estimate of drug-likeness (QED) is 0.230. The number of nitrogens with zero attached hydrogens (tertiary/aromatic N) is 5. The van der Waals surface area contributed by atoms with E-state index in [1.165, 1.54) is 0 Å². The maximum absolute atomic E-state index is 13.7. The first kappa shape index (κ1) is 26.6. The van der Waals surface area contributed by atoms with E-state index in [0.717, 1.165) is 45.1 Å². The second-order valence-electron chi connectivity index (χ2n) is 10.6. The van der Waals surface area contributed by atoms with Crippen molar-refractivity contribution in [2.45, 2.75) is 33.4 Å². The van der Waals surface area contributed by atoms with E-state index in [1.54, 1.807) is 12.1 Å². The second kappa shape index (κ2) is 10.5. The van der Waals surface area contributed by atoms with Crippen molar-refractivity contribution in [3.05, 3.63) is 125 Å². The lowest BCUT2D eigenvalue weighted by Gasteiger charge is -2.41. The highest BCUT2D eigenvalue weighted by atomic mass is 19.3. The van der Waals surface area contributed by atoms with E-state index in [4.69, 9.17) is 19.8 Å². The molecule has 3 heterocycles. The Balaban J connectivity index is 1.51. The molecule has 43 heavy (non-hydrogen) atoms. The zero-order chi connectivity index (χ0) is 29.7. The molecule has 0 bridgehead atoms. The van der Waals surface area contributed by atoms with Crippen LogP contribution < -0.4 is 15.0 Å². The molecule has 9 heteroatoms. The molecule has 0 radical (unpaired) electrons. The van der Waals surface area contributed by atoms with Crippen molar-refractivity contribution in [1.29, 1.82) is 0 Å². The normalized spacial score (nSPS) is 15.3. The molecule has 1 N–H and O–H groups in total. The molecule has 2 aliphatic heterocycles. The maximum Gasteiger partial charge on any atom is 0.387 e. The Kier molecular flexibility index (Phi) is 6.50. The summed E-state index contributed by atoms with van der Waals surface area (Å²) in [5.41, 5.74) is 7.48. The number of halogens is 2. The fourth-order valence-corrected chi connectivity index (χ4v) is 5.74. The molecular formula is C34H28F2N6O. The topological polar surface area (TPSA) is 67.0 Å². The van der Waals surface area contributed by atoms with Crippen LogP contribution in [0.4, 0.5) is 31.7 Å². The number of nitrogens with one attached hydrogen (secondary N) is 1. The number of amidine groups is 2. The summed E-state index contributed by atoms with van der Waals surface area (Å²) in [7, 11) is 0. The number of fused-ring (bicyclic) bond motifs is 4. The van der Waals surface area contributed by atoms with E-state index in [0.29, 0.717) is 23.1 Å². The Morgan fingerprint density at radius 1 is 0.791 bits per heavy atom. The molecular weight excluding hydrogens is 546 g/mol. The van der Waals surface area contributed by atoms with Gasteiger partial charge in [-0.3, -0.25) is 0 Å². The molecule has 4 aromatic carbocycles. The number of para-hydroxylation sites is 4. The Hall–Kier alpha value is -5.31. The highest BCUT2D eigenvalue weighted by Crippen LogP contribution is 2.50. The molecule has 0 fully saturated rings. The Morgan fingerprint density at radius 2 is 1.49 bits per heavy atom. The first-order valence-corrected chi connectivity index (χ1v) is 14.0. The Bertz CT molecular complexity index is 1910. The van der Waals surface area contributed by atoms with Crippen molar-refractivity contribution in [2.75, 3.05) is 10.2 Å². The lowest BCUT2D eigenvalue weighted by molar-refractivity contribution is -0.0505. The van der Waals surface area contributed by atoms with E-state index in [-0.39, 0.29) is 5.75 Å². The number of hydrogen-bond acceptors (Lipinski definition) is 6. The molecule has 1 atom stereocenters. The highest BCUT2D eigenvalue weighted by Gasteiger charge is 2.42. The molecule has 7 nitrogen and oxygen atoms in total. The zero-order valence-corrected chi connectivity index (χ0v) is 23.8. The Morgan fingerprint density at radius 3 is 2.26 bits per heavy atom. The number of anilines is 2. The number of alkyl halides is 2. The molecule has 7 rings (SSSR count). The van der Waals surface area contributed by atoms with Crippen molar-refractivity contribution in [3.63, 3.8) is 0 Å². The second-order valence-corrected chi connectivity index (χ2v) is 10.6. The number of hydrogen-bond donors (Lipinski definition) is 1. The van der Waals surface area contributed by atoms with Crippen LogP contribution in [-0.2, 0) is 0 Å². The van der Waals surface area contributed by atoms with Crippen molar-refractivity contribution in [2.24, 2.45) is 9.98 Å². The van der Waals surface area contributed by atoms with Crippen LogP contribution in [0.25, 0.3) is 5.69 Å². The molecule has 1 aromatic heterocycles. The van der Waals surface area contributed by atoms with Gasteiger partial charge in [-0.05, 0) is 62.7 Å². The van der Waals surface area contributed by atoms with Crippen molar-refractivity contribution < 1.29 is 13.5 Å². The molecule has 0 amide bonds. The van der Waals surface area contributed by atoms with Crippen LogP contribution in [0.1, 0.15) is 34.0 Å². The van der Waals surface area contributed by atoms with Crippen LogP contribution in [-0.4, -0.2) is 28.1 Å². The molecule has 0 aliphatic carbocycles. The van der Waals surface area contributed by atoms with E-state index in [2.05, 4.69) is 5.32 Å². The van der Waals surface area contributed by atoms with Gasteiger partial charge in [0.1, 0.15) is 5.75 Å². The fourth-order valence-electron chi connectivity index (χ4n) is 5.74. The number of aryl methyl sites for hydroxylation is 3. The summed E-state index contributed by atoms with van der Waals surface area (Å²) in [6.07, 6.45) is 0. The van der Waals surface area contributed by atoms with Gasteiger partial charge in [0, 0.05) is 16.8 Å². The SMILES string of the molecule is Cc1ccc(NC2=Nc3ccccc3N3C2=Nc2c(c(C)nn2-c2ccccc2C)[C@H]3c2ccccc2OC(F)F)cc1. The molecule has 0 spiro atoms. The molecule has 2 aliphatic rings. The van der Waals surface area contributed by atoms with Gasteiger partial charge in [0.25, 0.3) is 0 Å². The van der Waals surface area contributed by atoms with E-state index >= 15 is 0 Å². The van der Waals surface area contributed by atoms with E-state index in [9.17, 15) is 8.78 Å². The summed E-state index contributed by atoms with van der Waals surface area (Å²) in [5, 5.41) is 8.43. The number of aromatic nitrogens is 2. The zero-order valence-electron chi connectivity index (χ0n) is 23.8. The lowest BCUT2D eigenvalue weighted by Crippen LogP contribution is -2.46. The summed E-state index contributed by atoms with van der Waals surface area (Å²) < 4.78 is 34.3. The van der Waals surface area contributed by atoms with Gasteiger partial charge in [-0.25, -0.2) is 14.7 Å². The highest BCUT2D eigenvalue weighted by molar-refractivity contribution is 6.51. The summed E-state index contributed by atoms with van der Waals surface area (Å²) in [6, 6.07) is 30.0. The maximum atomic E-state index is 13.7. The number of ether oxygens (including phenoxy) is 1. The minimum atomic E-state index is -2.98. The predicted octanol–water partition coefficient (Wildman–Crippen LogP) is 8.19. The molecule has 214 valence electrons. The first-order valence-electron chi connectivity index (χ1n) is 14.0. The van der Waals surface area contributed by atoms with Crippen LogP contribution in [0.2, 0.25) is 0 Å². The average molecular weight is 575 g/mol. The standard InChI is InChI=1S/C34H28F2N6O/c1-20-16-18-23(19-17-20)37-31-33-39-32-29(22(3)40-42(32)26-13-7-4-10-21(26)2)30(24-11-5-9-15-28(24)43-34(35)36)41(33)27-14-8-6-12-25(27)38-31/h4-19,30,34H,1-3H3,(H,37,38)/t30-/m1/s1. The van der Waals surface area contributed by atoms with E-state index < -0.39 is 12.7 Å². The number of benzene rings is 4. The minimum Gasteiger partial charge on any atom is -0.434 e. The van der Waals surface area contributed by atoms with Gasteiger partial charge < -0.3 is 15.0 Å². The monoisotopic (exact) mass is 574 g/mol. The summed E-state index contributed by atoms with van der Waals surface area (Å²) in [5.74, 6) is 1.76. The van der Waals surface area contributed by atoms with Crippen molar-refractivity contribution in [1.82, 2.24) is 9.78 Å². The molecule has 0 unspecified atom stereocenters. The van der Waals surface area contributed by atoms with Gasteiger partial charge in [0.05, 0.1) is 28.8 Å². The lowest BCUT2D eigenvalue weighted by atomic mass is 9.92. The van der Waals surface area contributed by atoms with Gasteiger partial charge in [-0.2, -0.15) is 13.9 Å². The van der Waals surface area contributed by atoms with Crippen LogP contribution >= 0.6 is 0 Å². The van der Waals surface area contributed by atoms with Gasteiger partial charge in [-0.1, -0.05) is 66.2 Å². The smallest absolute Gasteiger partial charge is 0.387 e. The Labute approximate surface area is 247 Å². The fraction of sp³-hybridized carbons (Fsp3) is 0.147. The van der Waals surface area contributed by atoms with Gasteiger partial charge >= 0.3 is 6.61 Å². The number of aliphatic imine (C=N–C) groups is 2. The third-order valence-electron chi connectivity index (χ3n) is 7.73. The van der Waals surface area contributed by atoms with Crippen LogP contribution in [0.3, 0.4) is 0 Å². The van der Waals surface area contributed by atoms with Gasteiger partial charge in [0.15, 0.2) is 17.5 Å². The summed E-state index contributed by atoms with van der Waals surface area (Å²) in [6.45, 7) is 2.99. The van der Waals surface area contributed by atoms with Gasteiger partial charge in [0.2, 0.25) is 0 Å². The summed E-state index contributed by atoms with van der Waals surface area (Å²) >= 11 is 0. The van der Waals surface area contributed by atoms with Crippen LogP contribution in [0, 0.1) is 20.8 Å². The largest absolute Gasteiger partial charge is 0.434 e. The van der Waals surface area contributed by atoms with Crippen molar-refractivity contribution in [3.8, 4) is 11.4 Å². The number of rotatable bonds is 5. The van der Waals surface area contributed by atoms with E-state index in [1.807, 2.05) is 115 Å². The predicted molar refractivity (Wildman–Crippen MR) is 166 cm³/mol. The van der Waals surface area contributed by atoms with Crippen molar-refractivity contribution >= 4 is 34.6 Å². The molecule has 0 saturated heterocycles. The van der Waals surface area contributed by atoms with Gasteiger partial charge in [-0.15, -0.1) is 0 Å². The van der Waals surface area contributed by atoms with Crippen LogP contribution in [0.5, 0.6) is 5.75 Å². The molecule has 5 aromatic rings. The summed E-state index contributed by atoms with van der Waals surface area (Å²) in [4.78, 5) is 12.3. The third-order valence-corrected chi connectivity index (χ3v) is 7.73. The average Bonchev–Trinajstić information content (AvgIpc) is 3.33.